The van der Waals surface area contributed by atoms with Gasteiger partial charge >= 0.3 is 0 Å². The Morgan fingerprint density at radius 3 is 1.59 bits per heavy atom. The number of phenolic OH excluding ortho intramolecular Hbond substituents is 1. The van der Waals surface area contributed by atoms with Crippen LogP contribution in [0, 0.1) is 0 Å². The van der Waals surface area contributed by atoms with Gasteiger partial charge in [0.15, 0.2) is 0 Å². The zero-order valence-corrected chi connectivity index (χ0v) is 20.6. The molecule has 6 nitrogen and oxygen atoms in total. The first-order chi connectivity index (χ1) is 18.0. The van der Waals surface area contributed by atoms with Gasteiger partial charge in [0.05, 0.1) is 0 Å². The van der Waals surface area contributed by atoms with Gasteiger partial charge in [-0.25, -0.2) is 0 Å². The minimum atomic E-state index is 0.278. The van der Waals surface area contributed by atoms with Crippen molar-refractivity contribution in [2.75, 3.05) is 11.5 Å². The zero-order chi connectivity index (χ0) is 26.0. The standard InChI is InChI=1S/C15H12N2O.C10H9NO.C5H4ClN/c16-14-5-6-15(13-4-2-1-3-12(13)14)18-11-7-9-17-10-8-11;11-9-5-6-10(12)8-4-2-1-3-7(8)9;6-5-1-3-7-4-2-5/h1-10H,16H2;1-6,12H,11H2;1-4H. The summed E-state index contributed by atoms with van der Waals surface area (Å²) in [5.74, 6) is 1.84. The Balaban J connectivity index is 0.000000144. The molecule has 0 spiro atoms. The van der Waals surface area contributed by atoms with Crippen LogP contribution < -0.4 is 16.2 Å². The van der Waals surface area contributed by atoms with E-state index in [1.165, 1.54) is 0 Å². The minimum Gasteiger partial charge on any atom is -0.507 e. The number of rotatable bonds is 2. The maximum absolute atomic E-state index is 9.44. The number of nitrogen functional groups attached to an aromatic ring is 2. The molecule has 0 fully saturated rings. The van der Waals surface area contributed by atoms with Gasteiger partial charge in [0.1, 0.15) is 17.2 Å². The first-order valence-corrected chi connectivity index (χ1v) is 11.8. The number of aromatic hydroxyl groups is 1. The number of halogens is 1. The van der Waals surface area contributed by atoms with Crippen molar-refractivity contribution in [3.05, 3.63) is 127 Å². The SMILES string of the molecule is Clc1ccncc1.Nc1ccc(O)c2ccccc12.Nc1ccc(Oc2ccncc2)c2ccccc12. The summed E-state index contributed by atoms with van der Waals surface area (Å²) in [6.45, 7) is 0. The number of fused-ring (bicyclic) bond motifs is 2. The minimum absolute atomic E-state index is 0.278. The van der Waals surface area contributed by atoms with Crippen molar-refractivity contribution in [1.82, 2.24) is 9.97 Å². The number of phenols is 1. The number of anilines is 2. The van der Waals surface area contributed by atoms with E-state index in [0.29, 0.717) is 5.69 Å². The molecule has 0 aliphatic heterocycles. The van der Waals surface area contributed by atoms with Gasteiger partial charge in [-0.05, 0) is 48.5 Å². The topological polar surface area (TPSA) is 107 Å². The highest BCUT2D eigenvalue weighted by Gasteiger charge is 2.05. The second-order valence-electron chi connectivity index (χ2n) is 7.87. The molecule has 0 unspecified atom stereocenters. The summed E-state index contributed by atoms with van der Waals surface area (Å²) < 4.78 is 5.85. The summed E-state index contributed by atoms with van der Waals surface area (Å²) in [7, 11) is 0. The predicted molar refractivity (Wildman–Crippen MR) is 152 cm³/mol. The quantitative estimate of drug-likeness (QED) is 0.165. The summed E-state index contributed by atoms with van der Waals surface area (Å²) in [5, 5.41) is 13.9. The molecule has 2 aromatic heterocycles. The van der Waals surface area contributed by atoms with Gasteiger partial charge in [-0.2, -0.15) is 0 Å². The zero-order valence-electron chi connectivity index (χ0n) is 19.8. The van der Waals surface area contributed by atoms with E-state index in [0.717, 1.165) is 43.8 Å². The molecular weight excluding hydrogens is 484 g/mol. The number of benzene rings is 4. The van der Waals surface area contributed by atoms with Crippen LogP contribution in [0.5, 0.6) is 17.2 Å². The normalized spacial score (nSPS) is 10.1. The number of nitrogens with two attached hydrogens (primary N) is 2. The smallest absolute Gasteiger partial charge is 0.135 e. The number of hydrogen-bond acceptors (Lipinski definition) is 6. The molecule has 0 saturated carbocycles. The van der Waals surface area contributed by atoms with Gasteiger partial charge in [-0.1, -0.05) is 60.1 Å². The largest absolute Gasteiger partial charge is 0.507 e. The van der Waals surface area contributed by atoms with Crippen molar-refractivity contribution in [1.29, 1.82) is 0 Å². The molecule has 4 aromatic carbocycles. The second kappa shape index (κ2) is 12.2. The van der Waals surface area contributed by atoms with Gasteiger partial charge in [0.2, 0.25) is 0 Å². The lowest BCUT2D eigenvalue weighted by atomic mass is 10.1. The van der Waals surface area contributed by atoms with Crippen LogP contribution in [0.25, 0.3) is 21.5 Å². The second-order valence-corrected chi connectivity index (χ2v) is 8.30. The molecule has 7 heteroatoms. The lowest BCUT2D eigenvalue weighted by Crippen LogP contribution is -1.90. The molecule has 6 rings (SSSR count). The van der Waals surface area contributed by atoms with E-state index in [1.807, 2.05) is 72.8 Å². The summed E-state index contributed by atoms with van der Waals surface area (Å²) in [4.78, 5) is 7.72. The van der Waals surface area contributed by atoms with Crippen molar-refractivity contribution in [3.8, 4) is 17.2 Å². The Kier molecular flexibility index (Phi) is 8.37. The molecule has 184 valence electrons. The first-order valence-electron chi connectivity index (χ1n) is 11.4. The van der Waals surface area contributed by atoms with E-state index < -0.39 is 0 Å². The van der Waals surface area contributed by atoms with Gasteiger partial charge in [-0.3, -0.25) is 9.97 Å². The highest BCUT2D eigenvalue weighted by atomic mass is 35.5. The van der Waals surface area contributed by atoms with Gasteiger partial charge < -0.3 is 21.3 Å². The molecule has 0 atom stereocenters. The fourth-order valence-corrected chi connectivity index (χ4v) is 3.67. The number of pyridine rings is 2. The lowest BCUT2D eigenvalue weighted by molar-refractivity contribution is 0.481. The van der Waals surface area contributed by atoms with Gasteiger partial charge in [-0.15, -0.1) is 0 Å². The molecule has 0 saturated heterocycles. The third-order valence-electron chi connectivity index (χ3n) is 5.37. The predicted octanol–water partition coefficient (Wildman–Crippen LogP) is 7.47. The molecule has 0 amide bonds. The lowest BCUT2D eigenvalue weighted by Gasteiger charge is -2.10. The molecular formula is C30H25ClN4O2. The van der Waals surface area contributed by atoms with E-state index >= 15 is 0 Å². The molecule has 5 N–H and O–H groups in total. The van der Waals surface area contributed by atoms with Gasteiger partial charge in [0, 0.05) is 62.7 Å². The Morgan fingerprint density at radius 2 is 1.05 bits per heavy atom. The molecule has 0 aliphatic rings. The molecule has 6 aromatic rings. The monoisotopic (exact) mass is 508 g/mol. The Morgan fingerprint density at radius 1 is 0.568 bits per heavy atom. The van der Waals surface area contributed by atoms with Crippen LogP contribution in [0.3, 0.4) is 0 Å². The Bertz CT molecular complexity index is 1560. The van der Waals surface area contributed by atoms with E-state index in [-0.39, 0.29) is 5.75 Å². The fourth-order valence-electron chi connectivity index (χ4n) is 3.56. The Hall–Kier alpha value is -4.81. The fraction of sp³-hybridized carbons (Fsp3) is 0. The number of nitrogens with zero attached hydrogens (tertiary/aromatic N) is 2. The molecule has 37 heavy (non-hydrogen) atoms. The molecule has 2 heterocycles. The number of aromatic nitrogens is 2. The van der Waals surface area contributed by atoms with Crippen molar-refractivity contribution in [2.24, 2.45) is 0 Å². The van der Waals surface area contributed by atoms with Crippen molar-refractivity contribution in [2.45, 2.75) is 0 Å². The Labute approximate surface area is 219 Å². The third kappa shape index (κ3) is 6.66. The third-order valence-corrected chi connectivity index (χ3v) is 5.62. The van der Waals surface area contributed by atoms with E-state index in [4.69, 9.17) is 27.8 Å². The highest BCUT2D eigenvalue weighted by Crippen LogP contribution is 2.33. The van der Waals surface area contributed by atoms with Crippen LogP contribution in [-0.4, -0.2) is 15.1 Å². The molecule has 0 radical (unpaired) electrons. The summed E-state index contributed by atoms with van der Waals surface area (Å²) in [6, 6.07) is 29.6. The van der Waals surface area contributed by atoms with Crippen LogP contribution in [0.4, 0.5) is 11.4 Å². The van der Waals surface area contributed by atoms with Crippen LogP contribution >= 0.6 is 11.6 Å². The van der Waals surface area contributed by atoms with Crippen LogP contribution in [0.1, 0.15) is 0 Å². The number of ether oxygens (including phenoxy) is 1. The van der Waals surface area contributed by atoms with Crippen LogP contribution in [0.15, 0.2) is 122 Å². The first kappa shape index (κ1) is 25.3. The molecule has 0 bridgehead atoms. The molecule has 0 aliphatic carbocycles. The van der Waals surface area contributed by atoms with E-state index in [9.17, 15) is 5.11 Å². The van der Waals surface area contributed by atoms with Crippen molar-refractivity contribution < 1.29 is 9.84 Å². The van der Waals surface area contributed by atoms with E-state index in [2.05, 4.69) is 9.97 Å². The average Bonchev–Trinajstić information content (AvgIpc) is 2.94. The van der Waals surface area contributed by atoms with Crippen molar-refractivity contribution in [3.63, 3.8) is 0 Å². The van der Waals surface area contributed by atoms with Gasteiger partial charge in [0.25, 0.3) is 0 Å². The summed E-state index contributed by atoms with van der Waals surface area (Å²) in [6.07, 6.45) is 6.72. The maximum atomic E-state index is 9.44. The van der Waals surface area contributed by atoms with Crippen LogP contribution in [0.2, 0.25) is 5.02 Å². The van der Waals surface area contributed by atoms with E-state index in [1.54, 1.807) is 49.1 Å². The average molecular weight is 509 g/mol. The van der Waals surface area contributed by atoms with Crippen LogP contribution in [-0.2, 0) is 0 Å². The summed E-state index contributed by atoms with van der Waals surface area (Å²) >= 11 is 5.50. The highest BCUT2D eigenvalue weighted by molar-refractivity contribution is 6.30. The summed E-state index contributed by atoms with van der Waals surface area (Å²) in [5.41, 5.74) is 13.1. The van der Waals surface area contributed by atoms with Crippen molar-refractivity contribution >= 4 is 44.5 Å². The number of hydrogen-bond donors (Lipinski definition) is 3. The maximum Gasteiger partial charge on any atom is 0.135 e.